The molecule has 0 aromatic heterocycles. The van der Waals surface area contributed by atoms with E-state index in [1.807, 2.05) is 12.1 Å². The van der Waals surface area contributed by atoms with E-state index in [0.717, 1.165) is 28.8 Å². The van der Waals surface area contributed by atoms with Crippen molar-refractivity contribution >= 4 is 15.9 Å². The molecule has 2 rings (SSSR count). The second-order valence-electron chi connectivity index (χ2n) is 5.17. The Bertz CT molecular complexity index is 367. The first-order valence-electron chi connectivity index (χ1n) is 6.65. The van der Waals surface area contributed by atoms with Gasteiger partial charge in [0, 0.05) is 4.47 Å². The van der Waals surface area contributed by atoms with Gasteiger partial charge in [-0.1, -0.05) is 41.8 Å². The average molecular weight is 299 g/mol. The number of rotatable bonds is 3. The SMILES string of the molecule is CCCC1CCC(c2ccc(Br)cc2F)CC1. The average Bonchev–Trinajstić information content (AvgIpc) is 2.31. The van der Waals surface area contributed by atoms with Crippen LogP contribution in [0.1, 0.15) is 56.9 Å². The molecule has 0 amide bonds. The van der Waals surface area contributed by atoms with Crippen LogP contribution in [-0.2, 0) is 0 Å². The highest BCUT2D eigenvalue weighted by atomic mass is 79.9. The summed E-state index contributed by atoms with van der Waals surface area (Å²) in [6.45, 7) is 2.25. The lowest BCUT2D eigenvalue weighted by atomic mass is 9.77. The third kappa shape index (κ3) is 3.31. The summed E-state index contributed by atoms with van der Waals surface area (Å²) in [4.78, 5) is 0. The van der Waals surface area contributed by atoms with E-state index >= 15 is 0 Å². The van der Waals surface area contributed by atoms with Crippen LogP contribution in [0.3, 0.4) is 0 Å². The normalized spacial score (nSPS) is 24.9. The lowest BCUT2D eigenvalue weighted by Crippen LogP contribution is -2.14. The number of hydrogen-bond donors (Lipinski definition) is 0. The third-order valence-electron chi connectivity index (χ3n) is 3.95. The molecule has 0 N–H and O–H groups in total. The highest BCUT2D eigenvalue weighted by molar-refractivity contribution is 9.10. The van der Waals surface area contributed by atoms with Crippen LogP contribution >= 0.6 is 15.9 Å². The van der Waals surface area contributed by atoms with Crippen LogP contribution in [0.5, 0.6) is 0 Å². The van der Waals surface area contributed by atoms with Crippen LogP contribution in [0, 0.1) is 11.7 Å². The van der Waals surface area contributed by atoms with Gasteiger partial charge in [0.1, 0.15) is 5.82 Å². The van der Waals surface area contributed by atoms with Crippen molar-refractivity contribution in [2.45, 2.75) is 51.4 Å². The van der Waals surface area contributed by atoms with Gasteiger partial charge in [-0.2, -0.15) is 0 Å². The zero-order chi connectivity index (χ0) is 12.3. The number of halogens is 2. The van der Waals surface area contributed by atoms with Crippen LogP contribution < -0.4 is 0 Å². The molecule has 1 aliphatic rings. The molecule has 0 saturated heterocycles. The maximum atomic E-state index is 13.9. The molecule has 1 fully saturated rings. The molecule has 0 nitrogen and oxygen atoms in total. The van der Waals surface area contributed by atoms with Gasteiger partial charge in [0.2, 0.25) is 0 Å². The first-order chi connectivity index (χ1) is 8.20. The Labute approximate surface area is 112 Å². The standard InChI is InChI=1S/C15H20BrF/c1-2-3-11-4-6-12(7-5-11)14-9-8-13(16)10-15(14)17/h8-12H,2-7H2,1H3. The Balaban J connectivity index is 2.00. The Morgan fingerprint density at radius 1 is 1.24 bits per heavy atom. The molecule has 1 saturated carbocycles. The maximum Gasteiger partial charge on any atom is 0.127 e. The van der Waals surface area contributed by atoms with Crippen molar-refractivity contribution in [3.05, 3.63) is 34.1 Å². The van der Waals surface area contributed by atoms with Gasteiger partial charge in [-0.05, 0) is 55.2 Å². The second-order valence-corrected chi connectivity index (χ2v) is 6.09. The van der Waals surface area contributed by atoms with Crippen molar-refractivity contribution in [3.63, 3.8) is 0 Å². The summed E-state index contributed by atoms with van der Waals surface area (Å²) in [5, 5.41) is 0. The van der Waals surface area contributed by atoms with E-state index in [4.69, 9.17) is 0 Å². The molecule has 1 aromatic rings. The Morgan fingerprint density at radius 2 is 1.94 bits per heavy atom. The first-order valence-corrected chi connectivity index (χ1v) is 7.45. The summed E-state index contributed by atoms with van der Waals surface area (Å²) >= 11 is 3.31. The van der Waals surface area contributed by atoms with Crippen molar-refractivity contribution in [2.24, 2.45) is 5.92 Å². The molecule has 94 valence electrons. The van der Waals surface area contributed by atoms with Crippen molar-refractivity contribution in [1.82, 2.24) is 0 Å². The van der Waals surface area contributed by atoms with E-state index in [1.54, 1.807) is 6.07 Å². The van der Waals surface area contributed by atoms with Crippen LogP contribution in [0.25, 0.3) is 0 Å². The van der Waals surface area contributed by atoms with Gasteiger partial charge in [0.15, 0.2) is 0 Å². The van der Waals surface area contributed by atoms with Gasteiger partial charge < -0.3 is 0 Å². The van der Waals surface area contributed by atoms with E-state index in [2.05, 4.69) is 22.9 Å². The summed E-state index contributed by atoms with van der Waals surface area (Å²) < 4.78 is 14.7. The molecule has 1 aromatic carbocycles. The minimum Gasteiger partial charge on any atom is -0.207 e. The predicted molar refractivity (Wildman–Crippen MR) is 73.7 cm³/mol. The molecule has 1 aliphatic carbocycles. The van der Waals surface area contributed by atoms with E-state index in [-0.39, 0.29) is 5.82 Å². The largest absolute Gasteiger partial charge is 0.207 e. The summed E-state index contributed by atoms with van der Waals surface area (Å²) in [6, 6.07) is 5.49. The highest BCUT2D eigenvalue weighted by Crippen LogP contribution is 2.38. The Hall–Kier alpha value is -0.370. The van der Waals surface area contributed by atoms with Crippen LogP contribution in [-0.4, -0.2) is 0 Å². The molecule has 0 radical (unpaired) electrons. The van der Waals surface area contributed by atoms with Gasteiger partial charge in [0.25, 0.3) is 0 Å². The number of hydrogen-bond acceptors (Lipinski definition) is 0. The van der Waals surface area contributed by atoms with Gasteiger partial charge in [-0.25, -0.2) is 4.39 Å². The van der Waals surface area contributed by atoms with Crippen molar-refractivity contribution in [3.8, 4) is 0 Å². The van der Waals surface area contributed by atoms with E-state index in [9.17, 15) is 4.39 Å². The fourth-order valence-corrected chi connectivity index (χ4v) is 3.34. The topological polar surface area (TPSA) is 0 Å². The van der Waals surface area contributed by atoms with E-state index < -0.39 is 0 Å². The molecule has 17 heavy (non-hydrogen) atoms. The summed E-state index contributed by atoms with van der Waals surface area (Å²) in [5.41, 5.74) is 0.920. The Morgan fingerprint density at radius 3 is 2.53 bits per heavy atom. The minimum absolute atomic E-state index is 0.0432. The molecule has 0 unspecified atom stereocenters. The summed E-state index contributed by atoms with van der Waals surface area (Å²) in [5.74, 6) is 1.28. The molecular formula is C15H20BrF. The molecular weight excluding hydrogens is 279 g/mol. The smallest absolute Gasteiger partial charge is 0.127 e. The molecule has 0 spiro atoms. The molecule has 2 heteroatoms. The van der Waals surface area contributed by atoms with Crippen molar-refractivity contribution < 1.29 is 4.39 Å². The van der Waals surface area contributed by atoms with Crippen molar-refractivity contribution in [1.29, 1.82) is 0 Å². The lowest BCUT2D eigenvalue weighted by molar-refractivity contribution is 0.304. The van der Waals surface area contributed by atoms with Gasteiger partial charge >= 0.3 is 0 Å². The second kappa shape index (κ2) is 5.99. The lowest BCUT2D eigenvalue weighted by Gasteiger charge is -2.28. The highest BCUT2D eigenvalue weighted by Gasteiger charge is 2.23. The maximum absolute atomic E-state index is 13.9. The summed E-state index contributed by atoms with van der Waals surface area (Å²) in [6.07, 6.45) is 7.48. The van der Waals surface area contributed by atoms with Crippen LogP contribution in [0.2, 0.25) is 0 Å². The molecule has 0 bridgehead atoms. The zero-order valence-corrected chi connectivity index (χ0v) is 12.0. The molecule has 0 aliphatic heterocycles. The van der Waals surface area contributed by atoms with E-state index in [0.29, 0.717) is 5.92 Å². The van der Waals surface area contributed by atoms with Crippen LogP contribution in [0.15, 0.2) is 22.7 Å². The predicted octanol–water partition coefficient (Wildman–Crippen LogP) is 5.66. The Kier molecular flexibility index (Phi) is 4.61. The van der Waals surface area contributed by atoms with Gasteiger partial charge in [-0.15, -0.1) is 0 Å². The first kappa shape index (κ1) is 13.1. The third-order valence-corrected chi connectivity index (χ3v) is 4.44. The van der Waals surface area contributed by atoms with E-state index in [1.165, 1.54) is 25.7 Å². The minimum atomic E-state index is -0.0432. The molecule has 0 atom stereocenters. The molecule has 0 heterocycles. The zero-order valence-electron chi connectivity index (χ0n) is 10.4. The van der Waals surface area contributed by atoms with Crippen LogP contribution in [0.4, 0.5) is 4.39 Å². The van der Waals surface area contributed by atoms with Gasteiger partial charge in [0.05, 0.1) is 0 Å². The number of benzene rings is 1. The fourth-order valence-electron chi connectivity index (χ4n) is 3.00. The fraction of sp³-hybridized carbons (Fsp3) is 0.600. The van der Waals surface area contributed by atoms with Crippen molar-refractivity contribution in [2.75, 3.05) is 0 Å². The quantitative estimate of drug-likeness (QED) is 0.675. The summed E-state index contributed by atoms with van der Waals surface area (Å²) in [7, 11) is 0. The monoisotopic (exact) mass is 298 g/mol. The van der Waals surface area contributed by atoms with Gasteiger partial charge in [-0.3, -0.25) is 0 Å².